The van der Waals surface area contributed by atoms with Gasteiger partial charge in [0.1, 0.15) is 5.75 Å². The Kier molecular flexibility index (Phi) is 5.43. The first-order chi connectivity index (χ1) is 8.00. The third-order valence-corrected chi connectivity index (χ3v) is 3.68. The second-order valence-electron chi connectivity index (χ2n) is 4.51. The number of benzene rings is 1. The highest BCUT2D eigenvalue weighted by molar-refractivity contribution is 9.10. The molecule has 0 aliphatic rings. The molecule has 0 fully saturated rings. The zero-order valence-electron chi connectivity index (χ0n) is 10.3. The number of aliphatic hydroxyl groups excluding tert-OH is 1. The van der Waals surface area contributed by atoms with Crippen LogP contribution in [0.2, 0.25) is 0 Å². The summed E-state index contributed by atoms with van der Waals surface area (Å²) in [5.74, 6) is 0.295. The van der Waals surface area contributed by atoms with Gasteiger partial charge in [-0.05, 0) is 38.0 Å². The van der Waals surface area contributed by atoms with Crippen LogP contribution in [0, 0.1) is 0 Å². The van der Waals surface area contributed by atoms with Gasteiger partial charge in [0.2, 0.25) is 0 Å². The average molecular weight is 302 g/mol. The Morgan fingerprint density at radius 2 is 2.12 bits per heavy atom. The van der Waals surface area contributed by atoms with Crippen LogP contribution in [-0.2, 0) is 6.54 Å². The summed E-state index contributed by atoms with van der Waals surface area (Å²) in [7, 11) is 0. The summed E-state index contributed by atoms with van der Waals surface area (Å²) >= 11 is 3.39. The molecule has 1 aromatic carbocycles. The van der Waals surface area contributed by atoms with Crippen molar-refractivity contribution in [3.63, 3.8) is 0 Å². The molecule has 0 aliphatic heterocycles. The Morgan fingerprint density at radius 1 is 1.41 bits per heavy atom. The van der Waals surface area contributed by atoms with E-state index in [1.54, 1.807) is 6.07 Å². The van der Waals surface area contributed by atoms with E-state index in [0.717, 1.165) is 16.5 Å². The summed E-state index contributed by atoms with van der Waals surface area (Å²) in [5.41, 5.74) is 0.765. The smallest absolute Gasteiger partial charge is 0.120 e. The number of rotatable bonds is 6. The van der Waals surface area contributed by atoms with Crippen molar-refractivity contribution in [3.8, 4) is 5.75 Å². The van der Waals surface area contributed by atoms with Crippen LogP contribution in [0.4, 0.5) is 0 Å². The van der Waals surface area contributed by atoms with E-state index in [1.807, 2.05) is 12.1 Å². The lowest BCUT2D eigenvalue weighted by Crippen LogP contribution is -2.42. The zero-order valence-corrected chi connectivity index (χ0v) is 11.9. The predicted octanol–water partition coefficient (Wildman–Crippen LogP) is 2.80. The van der Waals surface area contributed by atoms with E-state index in [2.05, 4.69) is 35.1 Å². The molecular formula is C13H20BrNO2. The highest BCUT2D eigenvalue weighted by Gasteiger charge is 2.20. The summed E-state index contributed by atoms with van der Waals surface area (Å²) < 4.78 is 0.951. The molecule has 0 heterocycles. The van der Waals surface area contributed by atoms with Gasteiger partial charge < -0.3 is 15.5 Å². The molecule has 0 bridgehead atoms. The van der Waals surface area contributed by atoms with Crippen LogP contribution in [0.15, 0.2) is 22.7 Å². The van der Waals surface area contributed by atoms with Crippen molar-refractivity contribution in [2.45, 2.75) is 38.8 Å². The first-order valence-electron chi connectivity index (χ1n) is 5.84. The van der Waals surface area contributed by atoms with Gasteiger partial charge in [0, 0.05) is 28.7 Å². The molecule has 1 aromatic rings. The quantitative estimate of drug-likeness (QED) is 0.757. The number of halogens is 1. The Balaban J connectivity index is 2.68. The molecule has 1 unspecified atom stereocenters. The summed E-state index contributed by atoms with van der Waals surface area (Å²) in [4.78, 5) is 0. The minimum atomic E-state index is -0.0937. The van der Waals surface area contributed by atoms with Gasteiger partial charge in [-0.1, -0.05) is 22.9 Å². The molecule has 0 aromatic heterocycles. The maximum atomic E-state index is 9.72. The topological polar surface area (TPSA) is 52.5 Å². The zero-order chi connectivity index (χ0) is 12.9. The number of hydrogen-bond donors (Lipinski definition) is 3. The largest absolute Gasteiger partial charge is 0.508 e. The van der Waals surface area contributed by atoms with Gasteiger partial charge in [0.15, 0.2) is 0 Å². The monoisotopic (exact) mass is 301 g/mol. The van der Waals surface area contributed by atoms with Gasteiger partial charge in [-0.2, -0.15) is 0 Å². The van der Waals surface area contributed by atoms with Gasteiger partial charge in [-0.25, -0.2) is 0 Å². The molecule has 0 spiro atoms. The average Bonchev–Trinajstić information content (AvgIpc) is 2.31. The molecule has 0 saturated heterocycles. The third-order valence-electron chi connectivity index (χ3n) is 3.19. The first kappa shape index (κ1) is 14.5. The summed E-state index contributed by atoms with van der Waals surface area (Å²) in [6, 6.07) is 5.39. The number of phenols is 1. The summed E-state index contributed by atoms with van der Waals surface area (Å²) in [5, 5.41) is 22.1. The normalized spacial score (nSPS) is 14.6. The van der Waals surface area contributed by atoms with Gasteiger partial charge in [-0.15, -0.1) is 0 Å². The van der Waals surface area contributed by atoms with E-state index in [1.165, 1.54) is 0 Å². The number of hydrogen-bond acceptors (Lipinski definition) is 3. The Hall–Kier alpha value is -0.580. The highest BCUT2D eigenvalue weighted by Crippen LogP contribution is 2.23. The Labute approximate surface area is 111 Å². The van der Waals surface area contributed by atoms with Crippen LogP contribution in [0.25, 0.3) is 0 Å². The lowest BCUT2D eigenvalue weighted by molar-refractivity contribution is 0.214. The molecule has 17 heavy (non-hydrogen) atoms. The number of nitrogens with one attached hydrogen (secondary N) is 1. The second kappa shape index (κ2) is 6.38. The van der Waals surface area contributed by atoms with Gasteiger partial charge in [-0.3, -0.25) is 0 Å². The SMILES string of the molecule is CCC(C)(CCO)NCc1cc(Br)ccc1O. The third kappa shape index (κ3) is 4.30. The molecule has 4 heteroatoms. The van der Waals surface area contributed by atoms with Crippen LogP contribution >= 0.6 is 15.9 Å². The molecule has 96 valence electrons. The molecule has 3 N–H and O–H groups in total. The maximum Gasteiger partial charge on any atom is 0.120 e. The van der Waals surface area contributed by atoms with Crippen molar-refractivity contribution in [3.05, 3.63) is 28.2 Å². The van der Waals surface area contributed by atoms with E-state index < -0.39 is 0 Å². The molecule has 0 amide bonds. The van der Waals surface area contributed by atoms with Crippen LogP contribution in [0.1, 0.15) is 32.3 Å². The number of aromatic hydroxyl groups is 1. The molecule has 1 atom stereocenters. The van der Waals surface area contributed by atoms with Crippen LogP contribution < -0.4 is 5.32 Å². The van der Waals surface area contributed by atoms with E-state index in [0.29, 0.717) is 18.7 Å². The number of aliphatic hydroxyl groups is 1. The first-order valence-corrected chi connectivity index (χ1v) is 6.63. The van der Waals surface area contributed by atoms with Crippen LogP contribution in [0.5, 0.6) is 5.75 Å². The minimum absolute atomic E-state index is 0.0937. The van der Waals surface area contributed by atoms with Gasteiger partial charge in [0.05, 0.1) is 0 Å². The summed E-state index contributed by atoms with van der Waals surface area (Å²) in [6.07, 6.45) is 1.64. The molecule has 1 rings (SSSR count). The van der Waals surface area contributed by atoms with Crippen molar-refractivity contribution in [1.29, 1.82) is 0 Å². The van der Waals surface area contributed by atoms with Crippen molar-refractivity contribution in [1.82, 2.24) is 5.32 Å². The Bertz CT molecular complexity index is 370. The lowest BCUT2D eigenvalue weighted by atomic mass is 9.94. The fourth-order valence-electron chi connectivity index (χ4n) is 1.64. The standard InChI is InChI=1S/C13H20BrNO2/c1-3-13(2,6-7-16)15-9-10-8-11(14)4-5-12(10)17/h4-5,8,15-17H,3,6-7,9H2,1-2H3. The van der Waals surface area contributed by atoms with E-state index in [-0.39, 0.29) is 12.1 Å². The maximum absolute atomic E-state index is 9.72. The molecule has 0 saturated carbocycles. The van der Waals surface area contributed by atoms with Crippen molar-refractivity contribution >= 4 is 15.9 Å². The van der Waals surface area contributed by atoms with Gasteiger partial charge >= 0.3 is 0 Å². The van der Waals surface area contributed by atoms with E-state index in [9.17, 15) is 5.11 Å². The van der Waals surface area contributed by atoms with Crippen molar-refractivity contribution in [2.75, 3.05) is 6.61 Å². The molecule has 0 aliphatic carbocycles. The van der Waals surface area contributed by atoms with Crippen molar-refractivity contribution in [2.24, 2.45) is 0 Å². The second-order valence-corrected chi connectivity index (χ2v) is 5.43. The van der Waals surface area contributed by atoms with E-state index in [4.69, 9.17) is 5.11 Å². The predicted molar refractivity (Wildman–Crippen MR) is 73.0 cm³/mol. The van der Waals surface area contributed by atoms with E-state index >= 15 is 0 Å². The van der Waals surface area contributed by atoms with Gasteiger partial charge in [0.25, 0.3) is 0 Å². The molecular weight excluding hydrogens is 282 g/mol. The fourth-order valence-corrected chi connectivity index (χ4v) is 2.05. The Morgan fingerprint density at radius 3 is 2.71 bits per heavy atom. The number of phenolic OH excluding ortho intramolecular Hbond substituents is 1. The molecule has 0 radical (unpaired) electrons. The molecule has 3 nitrogen and oxygen atoms in total. The van der Waals surface area contributed by atoms with Crippen LogP contribution in [0.3, 0.4) is 0 Å². The van der Waals surface area contributed by atoms with Crippen molar-refractivity contribution < 1.29 is 10.2 Å². The van der Waals surface area contributed by atoms with Crippen LogP contribution in [-0.4, -0.2) is 22.4 Å². The summed E-state index contributed by atoms with van der Waals surface area (Å²) in [6.45, 7) is 4.93. The fraction of sp³-hybridized carbons (Fsp3) is 0.538. The minimum Gasteiger partial charge on any atom is -0.508 e. The highest BCUT2D eigenvalue weighted by atomic mass is 79.9. The lowest BCUT2D eigenvalue weighted by Gasteiger charge is -2.29.